The molecule has 1 fully saturated rings. The van der Waals surface area contributed by atoms with Crippen LogP contribution >= 0.6 is 22.9 Å². The summed E-state index contributed by atoms with van der Waals surface area (Å²) in [5, 5.41) is 4.96. The van der Waals surface area contributed by atoms with Crippen LogP contribution in [0.1, 0.15) is 24.3 Å². The van der Waals surface area contributed by atoms with Crippen LogP contribution in [0, 0.1) is 11.7 Å². The Kier molecular flexibility index (Phi) is 7.19. The summed E-state index contributed by atoms with van der Waals surface area (Å²) in [5.74, 6) is -2.83. The fourth-order valence-corrected chi connectivity index (χ4v) is 6.45. The second-order valence-electron chi connectivity index (χ2n) is 7.78. The van der Waals surface area contributed by atoms with Gasteiger partial charge >= 0.3 is 6.18 Å². The van der Waals surface area contributed by atoms with E-state index in [1.807, 2.05) is 0 Å². The quantitative estimate of drug-likeness (QED) is 0.568. The van der Waals surface area contributed by atoms with Crippen LogP contribution < -0.4 is 5.32 Å². The lowest BCUT2D eigenvalue weighted by molar-refractivity contribution is -0.186. The van der Waals surface area contributed by atoms with Gasteiger partial charge in [-0.25, -0.2) is 17.8 Å². The first-order valence-corrected chi connectivity index (χ1v) is 12.4. The van der Waals surface area contributed by atoms with Crippen LogP contribution in [0.15, 0.2) is 28.6 Å². The summed E-state index contributed by atoms with van der Waals surface area (Å²) >= 11 is 7.38. The maximum atomic E-state index is 14.7. The number of hydrogen-bond acceptors (Lipinski definition) is 6. The largest absolute Gasteiger partial charge is 0.391 e. The molecule has 0 saturated heterocycles. The topological polar surface area (TPSA) is 62.3 Å². The highest BCUT2D eigenvalue weighted by molar-refractivity contribution is 7.90. The van der Waals surface area contributed by atoms with Crippen molar-refractivity contribution in [1.82, 2.24) is 9.88 Å². The molecule has 31 heavy (non-hydrogen) atoms. The first-order valence-electron chi connectivity index (χ1n) is 9.48. The Morgan fingerprint density at radius 1 is 1.29 bits per heavy atom. The molecule has 1 saturated carbocycles. The Hall–Kier alpha value is -1.43. The Morgan fingerprint density at radius 2 is 2.00 bits per heavy atom. The fourth-order valence-electron chi connectivity index (χ4n) is 3.82. The van der Waals surface area contributed by atoms with Crippen LogP contribution in [-0.4, -0.2) is 50.7 Å². The van der Waals surface area contributed by atoms with Gasteiger partial charge < -0.3 is 10.2 Å². The summed E-state index contributed by atoms with van der Waals surface area (Å²) < 4.78 is 79.4. The number of halogens is 5. The fraction of sp³-hybridized carbons (Fsp3) is 0.526. The van der Waals surface area contributed by atoms with Gasteiger partial charge in [0.1, 0.15) is 21.5 Å². The molecule has 12 heteroatoms. The van der Waals surface area contributed by atoms with Crippen LogP contribution in [0.25, 0.3) is 0 Å². The maximum absolute atomic E-state index is 14.7. The van der Waals surface area contributed by atoms with E-state index in [-0.39, 0.29) is 30.0 Å². The number of rotatable bonds is 6. The molecular formula is C19H22ClF4N3O2S2. The number of nitrogens with zero attached hydrogens (tertiary/aromatic N) is 2. The van der Waals surface area contributed by atoms with Gasteiger partial charge in [0.15, 0.2) is 9.84 Å². The molecule has 1 aromatic heterocycles. The van der Waals surface area contributed by atoms with E-state index >= 15 is 0 Å². The first-order chi connectivity index (χ1) is 14.4. The molecule has 0 unspecified atom stereocenters. The lowest BCUT2D eigenvalue weighted by atomic mass is 9.81. The van der Waals surface area contributed by atoms with Gasteiger partial charge in [-0.1, -0.05) is 11.6 Å². The second kappa shape index (κ2) is 9.21. The van der Waals surface area contributed by atoms with Crippen molar-refractivity contribution in [3.63, 3.8) is 0 Å². The Balaban J connectivity index is 1.82. The molecule has 3 atom stereocenters. The highest BCUT2D eigenvalue weighted by atomic mass is 35.5. The predicted octanol–water partition coefficient (Wildman–Crippen LogP) is 4.98. The minimum absolute atomic E-state index is 0.0189. The monoisotopic (exact) mass is 499 g/mol. The summed E-state index contributed by atoms with van der Waals surface area (Å²) in [6.45, 7) is 0. The Morgan fingerprint density at radius 3 is 2.58 bits per heavy atom. The average molecular weight is 500 g/mol. The zero-order valence-corrected chi connectivity index (χ0v) is 19.2. The zero-order valence-electron chi connectivity index (χ0n) is 16.8. The molecule has 2 aromatic rings. The number of hydrogen-bond donors (Lipinski definition) is 1. The van der Waals surface area contributed by atoms with E-state index in [4.69, 9.17) is 11.6 Å². The van der Waals surface area contributed by atoms with Crippen LogP contribution in [0.4, 0.5) is 23.2 Å². The van der Waals surface area contributed by atoms with Crippen LogP contribution in [0.3, 0.4) is 0 Å². The number of likely N-dealkylation sites (N-methyl/N-ethyl adjacent to an activating group) is 1. The molecule has 0 amide bonds. The SMILES string of the molecule is CN(C)[C@H]1C[C@H](C(F)(F)F)CC[C@@H]1Nc1cc(F)c(S(=O)(=O)Cc2nccs2)cc1Cl. The smallest absolute Gasteiger partial charge is 0.379 e. The lowest BCUT2D eigenvalue weighted by Gasteiger charge is -2.41. The zero-order chi connectivity index (χ0) is 23.0. The highest BCUT2D eigenvalue weighted by Crippen LogP contribution is 2.40. The van der Waals surface area contributed by atoms with Gasteiger partial charge in [-0.05, 0) is 45.5 Å². The lowest BCUT2D eigenvalue weighted by Crippen LogP contribution is -2.49. The van der Waals surface area contributed by atoms with E-state index in [1.165, 1.54) is 6.20 Å². The summed E-state index contributed by atoms with van der Waals surface area (Å²) in [7, 11) is -0.629. The van der Waals surface area contributed by atoms with Crippen LogP contribution in [-0.2, 0) is 15.6 Å². The summed E-state index contributed by atoms with van der Waals surface area (Å²) in [4.78, 5) is 5.07. The van der Waals surface area contributed by atoms with Gasteiger partial charge in [-0.3, -0.25) is 0 Å². The van der Waals surface area contributed by atoms with Crippen molar-refractivity contribution >= 4 is 38.5 Å². The van der Waals surface area contributed by atoms with E-state index in [2.05, 4.69) is 10.3 Å². The van der Waals surface area contributed by atoms with E-state index in [9.17, 15) is 26.0 Å². The van der Waals surface area contributed by atoms with Gasteiger partial charge in [-0.2, -0.15) is 13.2 Å². The number of aromatic nitrogens is 1. The molecule has 0 aliphatic heterocycles. The Labute approximate surface area is 187 Å². The third-order valence-corrected chi connectivity index (χ3v) is 8.35. The molecule has 1 N–H and O–H groups in total. The van der Waals surface area contributed by atoms with E-state index in [0.29, 0.717) is 5.01 Å². The van der Waals surface area contributed by atoms with Gasteiger partial charge in [-0.15, -0.1) is 11.3 Å². The van der Waals surface area contributed by atoms with Gasteiger partial charge in [0.05, 0.1) is 16.6 Å². The first kappa shape index (κ1) is 24.2. The van der Waals surface area contributed by atoms with Gasteiger partial charge in [0, 0.05) is 23.7 Å². The molecule has 5 nitrogen and oxygen atoms in total. The van der Waals surface area contributed by atoms with Crippen molar-refractivity contribution in [2.45, 2.75) is 48.2 Å². The van der Waals surface area contributed by atoms with Crippen molar-refractivity contribution in [3.05, 3.63) is 39.6 Å². The average Bonchev–Trinajstić information content (AvgIpc) is 3.15. The maximum Gasteiger partial charge on any atom is 0.391 e. The number of sulfone groups is 1. The Bertz CT molecular complexity index is 1010. The molecule has 1 heterocycles. The van der Waals surface area contributed by atoms with Gasteiger partial charge in [0.25, 0.3) is 0 Å². The number of benzene rings is 1. The van der Waals surface area contributed by atoms with Crippen molar-refractivity contribution in [2.75, 3.05) is 19.4 Å². The molecule has 1 aliphatic rings. The summed E-state index contributed by atoms with van der Waals surface area (Å²) in [6.07, 6.45) is -2.73. The summed E-state index contributed by atoms with van der Waals surface area (Å²) in [5.41, 5.74) is 0.148. The molecule has 0 spiro atoms. The third-order valence-electron chi connectivity index (χ3n) is 5.44. The molecule has 3 rings (SSSR count). The van der Waals surface area contributed by atoms with Crippen molar-refractivity contribution < 1.29 is 26.0 Å². The molecule has 0 radical (unpaired) electrons. The summed E-state index contributed by atoms with van der Waals surface area (Å²) in [6, 6.07) is 1.17. The molecule has 1 aliphatic carbocycles. The molecule has 0 bridgehead atoms. The highest BCUT2D eigenvalue weighted by Gasteiger charge is 2.45. The third kappa shape index (κ3) is 5.68. The van der Waals surface area contributed by atoms with Crippen LogP contribution in [0.2, 0.25) is 5.02 Å². The minimum atomic E-state index is -4.27. The van der Waals surface area contributed by atoms with Crippen molar-refractivity contribution in [2.24, 2.45) is 5.92 Å². The number of alkyl halides is 3. The number of thiazole rings is 1. The predicted molar refractivity (Wildman–Crippen MR) is 113 cm³/mol. The van der Waals surface area contributed by atoms with Crippen LogP contribution in [0.5, 0.6) is 0 Å². The number of anilines is 1. The van der Waals surface area contributed by atoms with E-state index in [0.717, 1.165) is 23.5 Å². The molecule has 172 valence electrons. The van der Waals surface area contributed by atoms with Crippen molar-refractivity contribution in [3.8, 4) is 0 Å². The number of nitrogens with one attached hydrogen (secondary N) is 1. The van der Waals surface area contributed by atoms with E-state index in [1.54, 1.807) is 24.4 Å². The van der Waals surface area contributed by atoms with E-state index < -0.39 is 50.5 Å². The molecular weight excluding hydrogens is 478 g/mol. The molecule has 1 aromatic carbocycles. The standard InChI is InChI=1S/C19H22ClF4N3O2S2/c1-27(2)16-7-11(19(22,23)24)3-4-14(16)26-15-9-13(21)17(8-12(15)20)31(28,29)10-18-25-5-6-30-18/h5-6,8-9,11,14,16,26H,3-4,7,10H2,1-2H3/t11-,14+,16+/m1/s1. The van der Waals surface area contributed by atoms with Crippen molar-refractivity contribution in [1.29, 1.82) is 0 Å². The van der Waals surface area contributed by atoms with Gasteiger partial charge in [0.2, 0.25) is 0 Å². The normalized spacial score (nSPS) is 22.6. The minimum Gasteiger partial charge on any atom is -0.379 e. The second-order valence-corrected chi connectivity index (χ2v) is 11.1.